The van der Waals surface area contributed by atoms with Gasteiger partial charge >= 0.3 is 0 Å². The largest absolute Gasteiger partial charge is 0.394 e. The number of fused-ring (bicyclic) bond motifs is 1. The number of rotatable bonds is 3. The highest BCUT2D eigenvalue weighted by Gasteiger charge is 2.44. The third kappa shape index (κ3) is 2.06. The number of nitrogens with two attached hydrogens (primary N) is 1. The number of H-pyrrole nitrogens is 1. The molecule has 1 fully saturated rings. The van der Waals surface area contributed by atoms with Crippen LogP contribution in [0.3, 0.4) is 0 Å². The molecule has 0 aliphatic carbocycles. The number of aromatic amines is 1. The van der Waals surface area contributed by atoms with Crippen molar-refractivity contribution in [3.05, 3.63) is 28.4 Å². The van der Waals surface area contributed by atoms with Crippen molar-refractivity contribution in [2.45, 2.75) is 31.1 Å². The molecule has 9 nitrogen and oxygen atoms in total. The molecule has 3 rings (SSSR count). The minimum Gasteiger partial charge on any atom is -0.394 e. The summed E-state index contributed by atoms with van der Waals surface area (Å²) < 4.78 is 6.90. The lowest BCUT2D eigenvalue weighted by atomic mass is 10.1. The van der Waals surface area contributed by atoms with Crippen molar-refractivity contribution in [2.75, 3.05) is 6.61 Å². The maximum atomic E-state index is 11.9. The van der Waals surface area contributed by atoms with Gasteiger partial charge in [-0.15, -0.1) is 0 Å². The van der Waals surface area contributed by atoms with Crippen molar-refractivity contribution < 1.29 is 20.1 Å². The number of aromatic nitrogens is 3. The van der Waals surface area contributed by atoms with E-state index in [2.05, 4.69) is 9.97 Å². The molecule has 0 bridgehead atoms. The van der Waals surface area contributed by atoms with Gasteiger partial charge < -0.3 is 35.3 Å². The van der Waals surface area contributed by atoms with Gasteiger partial charge in [-0.1, -0.05) is 0 Å². The SMILES string of the molecule is NCc1cn([C@@H]2O[C@H](CO)[C@@H](O)[C@H]2O)c2nc[nH]c(=O)c12. The maximum absolute atomic E-state index is 11.9. The van der Waals surface area contributed by atoms with Crippen LogP contribution in [0.15, 0.2) is 17.3 Å². The summed E-state index contributed by atoms with van der Waals surface area (Å²) in [6.07, 6.45) is -1.51. The quantitative estimate of drug-likeness (QED) is 0.431. The van der Waals surface area contributed by atoms with Crippen LogP contribution < -0.4 is 11.3 Å². The molecule has 1 saturated heterocycles. The molecule has 4 atom stereocenters. The van der Waals surface area contributed by atoms with E-state index in [1.54, 1.807) is 6.20 Å². The summed E-state index contributed by atoms with van der Waals surface area (Å²) in [6.45, 7) is -0.307. The topological polar surface area (TPSA) is 147 Å². The molecule has 0 spiro atoms. The van der Waals surface area contributed by atoms with Gasteiger partial charge in [0.1, 0.15) is 24.0 Å². The van der Waals surface area contributed by atoms with Gasteiger partial charge in [0.15, 0.2) is 6.23 Å². The first-order chi connectivity index (χ1) is 10.1. The lowest BCUT2D eigenvalue weighted by Crippen LogP contribution is -2.33. The molecule has 0 saturated carbocycles. The van der Waals surface area contributed by atoms with Crippen molar-refractivity contribution in [1.29, 1.82) is 0 Å². The predicted octanol–water partition coefficient (Wildman–Crippen LogP) is -2.21. The first-order valence-electron chi connectivity index (χ1n) is 6.48. The Hall–Kier alpha value is -1.78. The highest BCUT2D eigenvalue weighted by Crippen LogP contribution is 2.32. The summed E-state index contributed by atoms with van der Waals surface area (Å²) in [5.41, 5.74) is 6.14. The Morgan fingerprint density at radius 3 is 2.81 bits per heavy atom. The van der Waals surface area contributed by atoms with Gasteiger partial charge in [-0.3, -0.25) is 4.79 Å². The molecule has 2 aromatic rings. The number of nitrogens with zero attached hydrogens (tertiary/aromatic N) is 2. The van der Waals surface area contributed by atoms with Crippen molar-refractivity contribution in [2.24, 2.45) is 5.73 Å². The second-order valence-corrected chi connectivity index (χ2v) is 4.92. The highest BCUT2D eigenvalue weighted by molar-refractivity contribution is 5.79. The van der Waals surface area contributed by atoms with Crippen LogP contribution in [0.2, 0.25) is 0 Å². The second kappa shape index (κ2) is 5.20. The lowest BCUT2D eigenvalue weighted by molar-refractivity contribution is -0.0509. The summed E-state index contributed by atoms with van der Waals surface area (Å²) in [5.74, 6) is 0. The van der Waals surface area contributed by atoms with Crippen LogP contribution in [-0.2, 0) is 11.3 Å². The summed E-state index contributed by atoms with van der Waals surface area (Å²) in [4.78, 5) is 18.4. The van der Waals surface area contributed by atoms with Gasteiger partial charge in [0.05, 0.1) is 18.3 Å². The van der Waals surface area contributed by atoms with Gasteiger partial charge in [0.25, 0.3) is 5.56 Å². The second-order valence-electron chi connectivity index (χ2n) is 4.92. The number of nitrogens with one attached hydrogen (secondary N) is 1. The van der Waals surface area contributed by atoms with E-state index in [0.717, 1.165) is 0 Å². The van der Waals surface area contributed by atoms with Crippen LogP contribution in [-0.4, -0.2) is 54.8 Å². The molecule has 6 N–H and O–H groups in total. The smallest absolute Gasteiger partial charge is 0.260 e. The molecule has 1 aliphatic heterocycles. The van der Waals surface area contributed by atoms with E-state index in [1.165, 1.54) is 10.9 Å². The zero-order chi connectivity index (χ0) is 15.1. The van der Waals surface area contributed by atoms with Gasteiger partial charge in [-0.05, 0) is 5.56 Å². The summed E-state index contributed by atoms with van der Waals surface area (Å²) in [5, 5.41) is 29.3. The average Bonchev–Trinajstić information content (AvgIpc) is 2.99. The maximum Gasteiger partial charge on any atom is 0.260 e. The molecule has 9 heteroatoms. The van der Waals surface area contributed by atoms with Crippen molar-refractivity contribution in [3.63, 3.8) is 0 Å². The Kier molecular flexibility index (Phi) is 3.51. The molecule has 1 aliphatic rings. The van der Waals surface area contributed by atoms with Gasteiger partial charge in [0.2, 0.25) is 0 Å². The molecule has 3 heterocycles. The highest BCUT2D eigenvalue weighted by atomic mass is 16.6. The molecule has 0 aromatic carbocycles. The first-order valence-corrected chi connectivity index (χ1v) is 6.48. The van der Waals surface area contributed by atoms with Crippen LogP contribution in [0.5, 0.6) is 0 Å². The fourth-order valence-corrected chi connectivity index (χ4v) is 2.63. The van der Waals surface area contributed by atoms with E-state index in [1.807, 2.05) is 0 Å². The zero-order valence-electron chi connectivity index (χ0n) is 11.0. The molecule has 0 amide bonds. The number of aliphatic hydroxyl groups is 3. The monoisotopic (exact) mass is 296 g/mol. The fraction of sp³-hybridized carbons (Fsp3) is 0.500. The van der Waals surface area contributed by atoms with Gasteiger partial charge in [0, 0.05) is 12.7 Å². The van der Waals surface area contributed by atoms with Crippen molar-refractivity contribution >= 4 is 11.0 Å². The Morgan fingerprint density at radius 1 is 1.43 bits per heavy atom. The minimum atomic E-state index is -1.25. The summed E-state index contributed by atoms with van der Waals surface area (Å²) in [7, 11) is 0. The summed E-state index contributed by atoms with van der Waals surface area (Å²) in [6, 6.07) is 0. The third-order valence-electron chi connectivity index (χ3n) is 3.70. The van der Waals surface area contributed by atoms with Crippen LogP contribution in [0.25, 0.3) is 11.0 Å². The Labute approximate surface area is 118 Å². The van der Waals surface area contributed by atoms with E-state index in [-0.39, 0.29) is 12.1 Å². The molecule has 0 radical (unpaired) electrons. The average molecular weight is 296 g/mol. The number of ether oxygens (including phenoxy) is 1. The van der Waals surface area contributed by atoms with E-state index in [9.17, 15) is 15.0 Å². The Bertz CT molecular complexity index is 711. The third-order valence-corrected chi connectivity index (χ3v) is 3.70. The van der Waals surface area contributed by atoms with E-state index >= 15 is 0 Å². The van der Waals surface area contributed by atoms with E-state index in [0.29, 0.717) is 16.6 Å². The van der Waals surface area contributed by atoms with Gasteiger partial charge in [-0.2, -0.15) is 0 Å². The molecule has 0 unspecified atom stereocenters. The minimum absolute atomic E-state index is 0.118. The fourth-order valence-electron chi connectivity index (χ4n) is 2.63. The number of aliphatic hydroxyl groups excluding tert-OH is 3. The predicted molar refractivity (Wildman–Crippen MR) is 71.3 cm³/mol. The molecular formula is C12H16N4O5. The van der Waals surface area contributed by atoms with Gasteiger partial charge in [-0.25, -0.2) is 4.98 Å². The lowest BCUT2D eigenvalue weighted by Gasteiger charge is -2.17. The zero-order valence-corrected chi connectivity index (χ0v) is 11.0. The molecule has 21 heavy (non-hydrogen) atoms. The van der Waals surface area contributed by atoms with Crippen molar-refractivity contribution in [3.8, 4) is 0 Å². The number of hydrogen-bond acceptors (Lipinski definition) is 7. The molecular weight excluding hydrogens is 280 g/mol. The van der Waals surface area contributed by atoms with Crippen LogP contribution in [0.4, 0.5) is 0 Å². The normalized spacial score (nSPS) is 29.3. The number of hydrogen-bond donors (Lipinski definition) is 5. The Balaban J connectivity index is 2.14. The molecule has 2 aromatic heterocycles. The Morgan fingerprint density at radius 2 is 2.19 bits per heavy atom. The van der Waals surface area contributed by atoms with E-state index in [4.69, 9.17) is 15.6 Å². The van der Waals surface area contributed by atoms with Crippen LogP contribution in [0.1, 0.15) is 11.8 Å². The van der Waals surface area contributed by atoms with E-state index < -0.39 is 31.1 Å². The summed E-state index contributed by atoms with van der Waals surface area (Å²) >= 11 is 0. The van der Waals surface area contributed by atoms with Crippen LogP contribution in [0, 0.1) is 0 Å². The first kappa shape index (κ1) is 14.2. The van der Waals surface area contributed by atoms with Crippen LogP contribution >= 0.6 is 0 Å². The molecule has 114 valence electrons. The van der Waals surface area contributed by atoms with Crippen molar-refractivity contribution in [1.82, 2.24) is 14.5 Å². The standard InChI is InChI=1S/C12H16N4O5/c13-1-5-2-16(10-7(5)11(20)15-4-14-10)12-9(19)8(18)6(3-17)21-12/h2,4,6,8-9,12,17-19H,1,3,13H2,(H,14,15,20)/t6-,8-,9-,12-/m1/s1.